The fourth-order valence-electron chi connectivity index (χ4n) is 1.22. The van der Waals surface area contributed by atoms with Crippen molar-refractivity contribution in [2.24, 2.45) is 0 Å². The molecule has 0 aliphatic rings. The van der Waals surface area contributed by atoms with Crippen LogP contribution in [0, 0.1) is 6.92 Å². The third-order valence-electron chi connectivity index (χ3n) is 2.00. The Bertz CT molecular complexity index is 331. The molecule has 1 aromatic rings. The van der Waals surface area contributed by atoms with Crippen LogP contribution in [0.25, 0.3) is 0 Å². The molecule has 0 atom stereocenters. The zero-order chi connectivity index (χ0) is 10.7. The summed E-state index contributed by atoms with van der Waals surface area (Å²) in [5.74, 6) is 0.392. The van der Waals surface area contributed by atoms with Gasteiger partial charge in [-0.05, 0) is 12.5 Å². The molecule has 0 saturated carbocycles. The van der Waals surface area contributed by atoms with E-state index in [0.717, 1.165) is 6.20 Å². The van der Waals surface area contributed by atoms with E-state index >= 15 is 0 Å². The third-order valence-corrected chi connectivity index (χ3v) is 2.57. The molecule has 0 aliphatic carbocycles. The molecule has 0 fully saturated rings. The third kappa shape index (κ3) is 2.03. The highest BCUT2D eigenvalue weighted by Crippen LogP contribution is 2.30. The van der Waals surface area contributed by atoms with Crippen molar-refractivity contribution in [3.05, 3.63) is 22.9 Å². The maximum Gasteiger partial charge on any atom is 0.265 e. The number of hydrogen-bond acceptors (Lipinski definition) is 2. The molecule has 2 nitrogen and oxygen atoms in total. The summed E-state index contributed by atoms with van der Waals surface area (Å²) in [6, 6.07) is 0. The highest BCUT2D eigenvalue weighted by Gasteiger charge is 2.17. The predicted molar refractivity (Wildman–Crippen MR) is 53.1 cm³/mol. The van der Waals surface area contributed by atoms with E-state index in [1.165, 1.54) is 7.11 Å². The standard InChI is InChI=1S/C9H10BrF2NO/c1-5-6(3-10)7(8(11)12)4-13-9(5)14-2/h4,8H,3H2,1-2H3. The van der Waals surface area contributed by atoms with E-state index < -0.39 is 6.43 Å². The molecule has 1 rings (SSSR count). The lowest BCUT2D eigenvalue weighted by atomic mass is 10.1. The van der Waals surface area contributed by atoms with Gasteiger partial charge < -0.3 is 4.74 Å². The summed E-state index contributed by atoms with van der Waals surface area (Å²) in [6.07, 6.45) is -1.34. The van der Waals surface area contributed by atoms with Gasteiger partial charge in [-0.2, -0.15) is 0 Å². The molecular weight excluding hydrogens is 256 g/mol. The Balaban J connectivity index is 3.28. The van der Waals surface area contributed by atoms with Gasteiger partial charge in [0.25, 0.3) is 6.43 Å². The average Bonchev–Trinajstić information content (AvgIpc) is 2.17. The molecule has 0 amide bonds. The first-order chi connectivity index (χ1) is 6.61. The molecule has 0 aliphatic heterocycles. The van der Waals surface area contributed by atoms with Crippen molar-refractivity contribution in [3.8, 4) is 5.88 Å². The van der Waals surface area contributed by atoms with Gasteiger partial charge in [0.1, 0.15) is 0 Å². The number of aromatic nitrogens is 1. The maximum atomic E-state index is 12.5. The van der Waals surface area contributed by atoms with E-state index in [1.54, 1.807) is 6.92 Å². The normalized spacial score (nSPS) is 10.7. The number of methoxy groups -OCH3 is 1. The highest BCUT2D eigenvalue weighted by atomic mass is 79.9. The first kappa shape index (κ1) is 11.4. The van der Waals surface area contributed by atoms with Gasteiger partial charge in [0, 0.05) is 22.7 Å². The number of ether oxygens (including phenoxy) is 1. The zero-order valence-corrected chi connectivity index (χ0v) is 9.44. The van der Waals surface area contributed by atoms with Crippen LogP contribution in [-0.4, -0.2) is 12.1 Å². The number of rotatable bonds is 3. The summed E-state index contributed by atoms with van der Waals surface area (Å²) in [7, 11) is 1.47. The van der Waals surface area contributed by atoms with Crippen LogP contribution in [-0.2, 0) is 5.33 Å². The van der Waals surface area contributed by atoms with Gasteiger partial charge >= 0.3 is 0 Å². The van der Waals surface area contributed by atoms with Crippen LogP contribution in [0.3, 0.4) is 0 Å². The van der Waals surface area contributed by atoms with Gasteiger partial charge in [0.05, 0.1) is 7.11 Å². The Morgan fingerprint density at radius 1 is 1.57 bits per heavy atom. The molecule has 78 valence electrons. The van der Waals surface area contributed by atoms with Crippen LogP contribution in [0.1, 0.15) is 23.1 Å². The van der Waals surface area contributed by atoms with Crippen molar-refractivity contribution >= 4 is 15.9 Å². The van der Waals surface area contributed by atoms with E-state index in [9.17, 15) is 8.78 Å². The minimum absolute atomic E-state index is 0.0415. The van der Waals surface area contributed by atoms with E-state index in [0.29, 0.717) is 22.3 Å². The van der Waals surface area contributed by atoms with Gasteiger partial charge in [0.15, 0.2) is 0 Å². The first-order valence-corrected chi connectivity index (χ1v) is 5.10. The van der Waals surface area contributed by atoms with Crippen LogP contribution in [0.5, 0.6) is 5.88 Å². The highest BCUT2D eigenvalue weighted by molar-refractivity contribution is 9.08. The lowest BCUT2D eigenvalue weighted by molar-refractivity contribution is 0.150. The second-order valence-electron chi connectivity index (χ2n) is 2.76. The summed E-state index contributed by atoms with van der Waals surface area (Å²) in [5.41, 5.74) is 1.16. The second kappa shape index (κ2) is 4.68. The molecule has 1 aromatic heterocycles. The van der Waals surface area contributed by atoms with Gasteiger partial charge in [-0.3, -0.25) is 0 Å². The minimum atomic E-state index is -2.50. The molecule has 0 spiro atoms. The van der Waals surface area contributed by atoms with E-state index in [2.05, 4.69) is 20.9 Å². The number of pyridine rings is 1. The number of nitrogens with zero attached hydrogens (tertiary/aromatic N) is 1. The molecule has 1 heterocycles. The van der Waals surface area contributed by atoms with E-state index in [1.807, 2.05) is 0 Å². The molecule has 0 aromatic carbocycles. The molecule has 0 unspecified atom stereocenters. The first-order valence-electron chi connectivity index (χ1n) is 3.98. The van der Waals surface area contributed by atoms with Gasteiger partial charge in [-0.1, -0.05) is 15.9 Å². The molecule has 0 radical (unpaired) electrons. The van der Waals surface area contributed by atoms with Gasteiger partial charge in [-0.15, -0.1) is 0 Å². The summed E-state index contributed by atoms with van der Waals surface area (Å²) < 4.78 is 30.0. The van der Waals surface area contributed by atoms with E-state index in [4.69, 9.17) is 4.74 Å². The number of halogens is 3. The van der Waals surface area contributed by atoms with Crippen molar-refractivity contribution in [2.45, 2.75) is 18.7 Å². The summed E-state index contributed by atoms with van der Waals surface area (Å²) in [5, 5.41) is 0.372. The van der Waals surface area contributed by atoms with Crippen LogP contribution in [0.2, 0.25) is 0 Å². The Labute approximate surface area is 89.4 Å². The smallest absolute Gasteiger partial charge is 0.265 e. The Kier molecular flexibility index (Phi) is 3.80. The summed E-state index contributed by atoms with van der Waals surface area (Å²) >= 11 is 3.17. The topological polar surface area (TPSA) is 22.1 Å². The van der Waals surface area contributed by atoms with Gasteiger partial charge in [-0.25, -0.2) is 13.8 Å². The minimum Gasteiger partial charge on any atom is -0.481 e. The SMILES string of the molecule is COc1ncc(C(F)F)c(CBr)c1C. The van der Waals surface area contributed by atoms with E-state index in [-0.39, 0.29) is 5.56 Å². The maximum absolute atomic E-state index is 12.5. The number of alkyl halides is 3. The monoisotopic (exact) mass is 265 g/mol. The van der Waals surface area contributed by atoms with Crippen LogP contribution < -0.4 is 4.74 Å². The lowest BCUT2D eigenvalue weighted by Gasteiger charge is -2.11. The van der Waals surface area contributed by atoms with Crippen molar-refractivity contribution in [1.82, 2.24) is 4.98 Å². The molecule has 14 heavy (non-hydrogen) atoms. The average molecular weight is 266 g/mol. The molecular formula is C9H10BrF2NO. The van der Waals surface area contributed by atoms with Crippen LogP contribution >= 0.6 is 15.9 Å². The molecule has 0 bridgehead atoms. The Morgan fingerprint density at radius 3 is 2.64 bits per heavy atom. The lowest BCUT2D eigenvalue weighted by Crippen LogP contribution is -2.01. The van der Waals surface area contributed by atoms with Crippen LogP contribution in [0.4, 0.5) is 8.78 Å². The Hall–Kier alpha value is -0.710. The number of hydrogen-bond donors (Lipinski definition) is 0. The predicted octanol–water partition coefficient (Wildman–Crippen LogP) is 3.23. The largest absolute Gasteiger partial charge is 0.481 e. The Morgan fingerprint density at radius 2 is 2.21 bits per heavy atom. The van der Waals surface area contributed by atoms with Crippen LogP contribution in [0.15, 0.2) is 6.20 Å². The molecule has 0 saturated heterocycles. The van der Waals surface area contributed by atoms with Crippen molar-refractivity contribution in [1.29, 1.82) is 0 Å². The molecule has 0 N–H and O–H groups in total. The summed E-state index contributed by atoms with van der Waals surface area (Å²) in [6.45, 7) is 1.72. The quantitative estimate of drug-likeness (QED) is 0.783. The van der Waals surface area contributed by atoms with Crippen molar-refractivity contribution in [3.63, 3.8) is 0 Å². The fraction of sp³-hybridized carbons (Fsp3) is 0.444. The summed E-state index contributed by atoms with van der Waals surface area (Å²) in [4.78, 5) is 3.80. The van der Waals surface area contributed by atoms with Crippen molar-refractivity contribution in [2.75, 3.05) is 7.11 Å². The fourth-order valence-corrected chi connectivity index (χ4v) is 1.96. The second-order valence-corrected chi connectivity index (χ2v) is 3.32. The molecule has 5 heteroatoms. The van der Waals surface area contributed by atoms with Crippen molar-refractivity contribution < 1.29 is 13.5 Å². The zero-order valence-electron chi connectivity index (χ0n) is 7.85. The van der Waals surface area contributed by atoms with Gasteiger partial charge in [0.2, 0.25) is 5.88 Å².